The van der Waals surface area contributed by atoms with Gasteiger partial charge in [0.1, 0.15) is 0 Å². The molecular formula is C14H16O2P2S3. The van der Waals surface area contributed by atoms with Gasteiger partial charge in [-0.05, 0) is 0 Å². The van der Waals surface area contributed by atoms with Gasteiger partial charge in [-0.25, -0.2) is 0 Å². The van der Waals surface area contributed by atoms with E-state index in [1.165, 1.54) is 10.6 Å². The summed E-state index contributed by atoms with van der Waals surface area (Å²) < 4.78 is 10.5. The number of ether oxygens (including phenoxy) is 2. The molecule has 0 radical (unpaired) electrons. The van der Waals surface area contributed by atoms with Crippen LogP contribution in [0.5, 0.6) is 11.5 Å². The monoisotopic (exact) mass is 374 g/mol. The maximum atomic E-state index is 5.25. The second-order valence-corrected chi connectivity index (χ2v) is 31.9. The molecule has 0 aliphatic carbocycles. The molecule has 2 bridgehead atoms. The van der Waals surface area contributed by atoms with Gasteiger partial charge >= 0.3 is 137 Å². The van der Waals surface area contributed by atoms with Gasteiger partial charge in [-0.2, -0.15) is 0 Å². The van der Waals surface area contributed by atoms with E-state index in [-0.39, 0.29) is 0 Å². The van der Waals surface area contributed by atoms with E-state index < -0.39 is 9.74 Å². The summed E-state index contributed by atoms with van der Waals surface area (Å²) in [6.45, 7) is 0. The zero-order valence-corrected chi connectivity index (χ0v) is 16.1. The summed E-state index contributed by atoms with van der Waals surface area (Å²) in [5.41, 5.74) is 0. The van der Waals surface area contributed by atoms with E-state index in [1.54, 1.807) is 14.2 Å². The molecule has 112 valence electrons. The van der Waals surface area contributed by atoms with Crippen molar-refractivity contribution < 1.29 is 9.47 Å². The second-order valence-electron chi connectivity index (χ2n) is 4.88. The fourth-order valence-electron chi connectivity index (χ4n) is 2.50. The van der Waals surface area contributed by atoms with Gasteiger partial charge in [0.25, 0.3) is 0 Å². The molecular weight excluding hydrogens is 358 g/mol. The van der Waals surface area contributed by atoms with Crippen molar-refractivity contribution >= 4 is 53.3 Å². The van der Waals surface area contributed by atoms with Crippen LogP contribution in [0.1, 0.15) is 0 Å². The number of rotatable bonds is 4. The van der Waals surface area contributed by atoms with Gasteiger partial charge in [0.15, 0.2) is 0 Å². The van der Waals surface area contributed by atoms with Crippen LogP contribution in [0, 0.1) is 0 Å². The minimum atomic E-state index is -1.32. The zero-order valence-electron chi connectivity index (χ0n) is 11.7. The van der Waals surface area contributed by atoms with Gasteiger partial charge in [-0.1, -0.05) is 0 Å². The summed E-state index contributed by atoms with van der Waals surface area (Å²) in [7, 11) is 3.44. The molecule has 0 aromatic heterocycles. The van der Waals surface area contributed by atoms with E-state index >= 15 is 0 Å². The van der Waals surface area contributed by atoms with Crippen LogP contribution in [0.25, 0.3) is 0 Å². The Labute approximate surface area is 136 Å². The summed E-state index contributed by atoms with van der Waals surface area (Å²) in [6.07, 6.45) is 0. The van der Waals surface area contributed by atoms with Gasteiger partial charge in [0.05, 0.1) is 0 Å². The predicted molar refractivity (Wildman–Crippen MR) is 105 cm³/mol. The van der Waals surface area contributed by atoms with Gasteiger partial charge in [0.2, 0.25) is 0 Å². The van der Waals surface area contributed by atoms with Crippen LogP contribution in [0.4, 0.5) is 0 Å². The van der Waals surface area contributed by atoms with Crippen molar-refractivity contribution in [2.45, 2.75) is 0 Å². The first kappa shape index (κ1) is 14.5. The van der Waals surface area contributed by atoms with Crippen LogP contribution in [0.3, 0.4) is 0 Å². The average Bonchev–Trinajstić information content (AvgIpc) is 2.46. The Hall–Kier alpha value is -0.0500. The molecule has 21 heavy (non-hydrogen) atoms. The van der Waals surface area contributed by atoms with Crippen LogP contribution >= 0.6 is 42.7 Å². The third-order valence-corrected chi connectivity index (χ3v) is 58.0. The SMILES string of the molecule is COc1ccc([PH]23S[PH](c4ccc(OC)cc4)(S2)S3)cc1. The summed E-state index contributed by atoms with van der Waals surface area (Å²) in [5.74, 6) is 1.89. The molecule has 0 spiro atoms. The molecule has 2 nitrogen and oxygen atoms in total. The van der Waals surface area contributed by atoms with E-state index in [2.05, 4.69) is 81.5 Å². The standard InChI is InChI=1S/C14H16O2P2S3/c1-15-11-3-7-13(8-4-11)17-19-18(20-17,21-17)14-9-5-12(16-2)6-10-14/h3-10,17-18H,1-2H3. The van der Waals surface area contributed by atoms with E-state index in [1.807, 2.05) is 0 Å². The molecule has 3 saturated heterocycles. The molecule has 2 aromatic rings. The number of hydrogen-bond donors (Lipinski definition) is 0. The molecule has 7 heteroatoms. The van der Waals surface area contributed by atoms with Crippen molar-refractivity contribution in [1.82, 2.24) is 0 Å². The van der Waals surface area contributed by atoms with Crippen molar-refractivity contribution in [2.75, 3.05) is 14.2 Å². The van der Waals surface area contributed by atoms with Crippen molar-refractivity contribution in [3.8, 4) is 11.5 Å². The predicted octanol–water partition coefficient (Wildman–Crippen LogP) is 4.87. The summed E-state index contributed by atoms with van der Waals surface area (Å²) in [4.78, 5) is -2.63. The zero-order chi connectivity index (χ0) is 14.5. The third kappa shape index (κ3) is 2.21. The van der Waals surface area contributed by atoms with Crippen molar-refractivity contribution in [3.05, 3.63) is 48.5 Å². The summed E-state index contributed by atoms with van der Waals surface area (Å²) in [5, 5.41) is 3.07. The molecule has 0 atom stereocenters. The van der Waals surface area contributed by atoms with E-state index in [9.17, 15) is 0 Å². The number of methoxy groups -OCH3 is 2. The fourth-order valence-corrected chi connectivity index (χ4v) is 72.0. The van der Waals surface area contributed by atoms with Gasteiger partial charge in [-0.3, -0.25) is 0 Å². The van der Waals surface area contributed by atoms with E-state index in [0.29, 0.717) is 0 Å². The summed E-state index contributed by atoms with van der Waals surface area (Å²) >= 11 is 6.92. The van der Waals surface area contributed by atoms with Crippen molar-refractivity contribution in [2.24, 2.45) is 0 Å². The summed E-state index contributed by atoms with van der Waals surface area (Å²) in [6, 6.07) is 17.4. The molecule has 0 saturated carbocycles. The quantitative estimate of drug-likeness (QED) is 0.709. The molecule has 3 aliphatic heterocycles. The van der Waals surface area contributed by atoms with Crippen LogP contribution in [-0.4, -0.2) is 14.2 Å². The van der Waals surface area contributed by atoms with Crippen LogP contribution < -0.4 is 20.1 Å². The number of hydrogen-bond acceptors (Lipinski definition) is 5. The van der Waals surface area contributed by atoms with Crippen LogP contribution in [0.2, 0.25) is 0 Å². The molecule has 0 N–H and O–H groups in total. The molecule has 3 fully saturated rings. The third-order valence-electron chi connectivity index (χ3n) is 3.69. The number of benzene rings is 2. The van der Waals surface area contributed by atoms with Crippen molar-refractivity contribution in [3.63, 3.8) is 0 Å². The van der Waals surface area contributed by atoms with Gasteiger partial charge in [-0.15, -0.1) is 0 Å². The Bertz CT molecular complexity index is 598. The topological polar surface area (TPSA) is 18.5 Å². The molecule has 3 aliphatic rings. The Morgan fingerprint density at radius 2 is 0.952 bits per heavy atom. The Morgan fingerprint density at radius 1 is 0.619 bits per heavy atom. The maximum absolute atomic E-state index is 5.25. The molecule has 0 amide bonds. The molecule has 5 rings (SSSR count). The average molecular weight is 374 g/mol. The first-order valence-corrected chi connectivity index (χ1v) is 17.4. The van der Waals surface area contributed by atoms with Crippen LogP contribution in [-0.2, 0) is 0 Å². The first-order chi connectivity index (χ1) is 10.2. The van der Waals surface area contributed by atoms with Gasteiger partial charge < -0.3 is 0 Å². The Balaban J connectivity index is 1.51. The fraction of sp³-hybridized carbons (Fsp3) is 0.143. The molecule has 2 aromatic carbocycles. The van der Waals surface area contributed by atoms with Crippen molar-refractivity contribution in [1.29, 1.82) is 0 Å². The second kappa shape index (κ2) is 5.25. The molecule has 3 heterocycles. The van der Waals surface area contributed by atoms with Gasteiger partial charge in [0, 0.05) is 0 Å². The van der Waals surface area contributed by atoms with E-state index in [0.717, 1.165) is 11.5 Å². The normalized spacial score (nSPS) is 23.1. The Morgan fingerprint density at radius 3 is 1.24 bits per heavy atom. The van der Waals surface area contributed by atoms with E-state index in [4.69, 9.17) is 9.47 Å². The molecule has 0 unspecified atom stereocenters. The Kier molecular flexibility index (Phi) is 3.63. The van der Waals surface area contributed by atoms with Crippen LogP contribution in [0.15, 0.2) is 48.5 Å². The first-order valence-electron chi connectivity index (χ1n) is 6.59. The minimum absolute atomic E-state index is 0.946.